The maximum absolute atomic E-state index is 13.6. The lowest BCUT2D eigenvalue weighted by Gasteiger charge is -2.57. The van der Waals surface area contributed by atoms with Crippen LogP contribution in [-0.4, -0.2) is 45.2 Å². The molecule has 6 rings (SSSR count). The molecule has 5 aliphatic heterocycles. The Bertz CT molecular complexity index is 1000. The van der Waals surface area contributed by atoms with Crippen LogP contribution in [0.5, 0.6) is 11.5 Å². The number of nitriles is 1. The monoisotopic (exact) mass is 481 g/mol. The van der Waals surface area contributed by atoms with Gasteiger partial charge in [0.25, 0.3) is 11.8 Å². The van der Waals surface area contributed by atoms with E-state index < -0.39 is 21.2 Å². The third kappa shape index (κ3) is 1.97. The summed E-state index contributed by atoms with van der Waals surface area (Å²) in [6, 6.07) is 5.43. The molecule has 28 heavy (non-hydrogen) atoms. The van der Waals surface area contributed by atoms with E-state index >= 15 is 0 Å². The molecule has 2 amide bonds. The predicted octanol–water partition coefficient (Wildman–Crippen LogP) is 3.26. The minimum absolute atomic E-state index is 0.126. The summed E-state index contributed by atoms with van der Waals surface area (Å²) < 4.78 is 11.7. The first kappa shape index (κ1) is 18.5. The molecule has 1 aromatic rings. The van der Waals surface area contributed by atoms with Crippen molar-refractivity contribution in [2.45, 2.75) is 36.1 Å². The molecule has 5 aliphatic rings. The summed E-state index contributed by atoms with van der Waals surface area (Å²) in [5, 5.41) is 10.1. The number of ether oxygens (including phenoxy) is 2. The number of hydrogen-bond acceptors (Lipinski definition) is 7. The molecule has 5 heterocycles. The molecule has 0 N–H and O–H groups in total. The molecule has 7 nitrogen and oxygen atoms in total. The third-order valence-electron chi connectivity index (χ3n) is 6.14. The van der Waals surface area contributed by atoms with E-state index in [0.29, 0.717) is 11.5 Å². The van der Waals surface area contributed by atoms with Crippen molar-refractivity contribution in [2.24, 2.45) is 5.41 Å². The highest BCUT2D eigenvalue weighted by Gasteiger charge is 2.75. The molecule has 10 heteroatoms. The van der Waals surface area contributed by atoms with Gasteiger partial charge in [0, 0.05) is 17.9 Å². The molecular formula is C18H16BrN3O4S2. The maximum Gasteiger partial charge on any atom is 0.261 e. The van der Waals surface area contributed by atoms with Gasteiger partial charge in [-0.15, -0.1) is 0 Å². The van der Waals surface area contributed by atoms with Crippen molar-refractivity contribution in [1.29, 1.82) is 5.26 Å². The zero-order chi connectivity index (χ0) is 20.1. The second kappa shape index (κ2) is 5.52. The maximum atomic E-state index is 13.6. The van der Waals surface area contributed by atoms with Crippen molar-refractivity contribution < 1.29 is 19.1 Å². The number of benzene rings is 1. The predicted molar refractivity (Wildman–Crippen MR) is 107 cm³/mol. The van der Waals surface area contributed by atoms with E-state index in [-0.39, 0.29) is 25.0 Å². The molecule has 0 aliphatic carbocycles. The van der Waals surface area contributed by atoms with E-state index in [4.69, 9.17) is 9.47 Å². The third-order valence-corrected chi connectivity index (χ3v) is 10.5. The number of halogens is 1. The molecule has 1 spiro atoms. The van der Waals surface area contributed by atoms with Gasteiger partial charge in [0.2, 0.25) is 6.79 Å². The van der Waals surface area contributed by atoms with Crippen molar-refractivity contribution >= 4 is 49.3 Å². The van der Waals surface area contributed by atoms with Crippen molar-refractivity contribution in [3.63, 3.8) is 0 Å². The first-order valence-corrected chi connectivity index (χ1v) is 11.6. The number of nitrogens with zero attached hydrogens (tertiary/aromatic N) is 3. The summed E-state index contributed by atoms with van der Waals surface area (Å²) in [6.45, 7) is 3.72. The summed E-state index contributed by atoms with van der Waals surface area (Å²) in [5.74, 6) is 0.915. The number of carbonyl (C=O) groups excluding carboxylic acids is 2. The first-order valence-electron chi connectivity index (χ1n) is 8.67. The fraction of sp³-hybridized carbons (Fsp3) is 0.500. The van der Waals surface area contributed by atoms with Crippen LogP contribution in [0.25, 0.3) is 0 Å². The second-order valence-electron chi connectivity index (χ2n) is 7.81. The molecule has 0 radical (unpaired) electrons. The van der Waals surface area contributed by atoms with Gasteiger partial charge < -0.3 is 19.3 Å². The van der Waals surface area contributed by atoms with Crippen LogP contribution in [0.2, 0.25) is 0 Å². The lowest BCUT2D eigenvalue weighted by Crippen LogP contribution is -2.73. The van der Waals surface area contributed by atoms with Gasteiger partial charge in [-0.3, -0.25) is 9.59 Å². The largest absolute Gasteiger partial charge is 0.454 e. The number of amides is 2. The lowest BCUT2D eigenvalue weighted by atomic mass is 9.79. The van der Waals surface area contributed by atoms with Crippen LogP contribution in [0.3, 0.4) is 0 Å². The molecule has 0 saturated carbocycles. The van der Waals surface area contributed by atoms with Crippen LogP contribution in [0, 0.1) is 16.7 Å². The molecule has 1 aromatic carbocycles. The zero-order valence-electron chi connectivity index (χ0n) is 15.3. The number of carbonyl (C=O) groups is 2. The summed E-state index contributed by atoms with van der Waals surface area (Å²) in [6.07, 6.45) is 0.269. The van der Waals surface area contributed by atoms with Gasteiger partial charge in [0.05, 0.1) is 17.5 Å². The molecule has 0 aromatic heterocycles. The van der Waals surface area contributed by atoms with Crippen LogP contribution < -0.4 is 9.47 Å². The van der Waals surface area contributed by atoms with Gasteiger partial charge in [-0.05, 0) is 31.5 Å². The number of rotatable bonds is 1. The molecule has 1 unspecified atom stereocenters. The second-order valence-corrected chi connectivity index (χ2v) is 11.5. The minimum Gasteiger partial charge on any atom is -0.454 e. The summed E-state index contributed by atoms with van der Waals surface area (Å²) in [7, 11) is 4.47. The smallest absolute Gasteiger partial charge is 0.261 e. The van der Waals surface area contributed by atoms with Crippen LogP contribution in [-0.2, 0) is 9.59 Å². The van der Waals surface area contributed by atoms with Crippen LogP contribution in [0.4, 0.5) is 0 Å². The van der Waals surface area contributed by atoms with Crippen molar-refractivity contribution in [3.05, 3.63) is 22.2 Å². The van der Waals surface area contributed by atoms with Crippen molar-refractivity contribution in [2.75, 3.05) is 13.8 Å². The first-order chi connectivity index (χ1) is 13.2. The Labute approximate surface area is 178 Å². The number of hydrogen-bond donors (Lipinski definition) is 0. The van der Waals surface area contributed by atoms with Crippen LogP contribution in [0.15, 0.2) is 16.6 Å². The lowest BCUT2D eigenvalue weighted by molar-refractivity contribution is -0.164. The summed E-state index contributed by atoms with van der Waals surface area (Å²) in [4.78, 5) is 28.0. The fourth-order valence-electron chi connectivity index (χ4n) is 4.53. The standard InChI is InChI=1S/C18H16BrN3O4S2/c1-16(7-20)6-18-15(24)21(3)17(2,27-28-18)14(23)22(18)13(16)9-4-11-12(5-10(9)19)26-8-25-11/h4-5,13H,6,8H2,1-3H3/t13-,16+,17?,18-/m0/s1. The van der Waals surface area contributed by atoms with E-state index in [0.717, 1.165) is 10.0 Å². The van der Waals surface area contributed by atoms with E-state index in [9.17, 15) is 14.9 Å². The molecule has 4 saturated heterocycles. The van der Waals surface area contributed by atoms with E-state index in [1.165, 1.54) is 26.5 Å². The Morgan fingerprint density at radius 2 is 1.89 bits per heavy atom. The van der Waals surface area contributed by atoms with Crippen LogP contribution in [0.1, 0.15) is 31.9 Å². The minimum atomic E-state index is -1.08. The average molecular weight is 482 g/mol. The highest BCUT2D eigenvalue weighted by molar-refractivity contribution is 9.10. The SMILES string of the molecule is CN1C(=O)[C@@]23C[C@](C)(C#N)[C@H](c4cc5c(cc4Br)OCO5)N2C(=O)C1(C)SS3. The van der Waals surface area contributed by atoms with Crippen molar-refractivity contribution in [1.82, 2.24) is 9.80 Å². The zero-order valence-corrected chi connectivity index (χ0v) is 18.5. The number of fused-ring (bicyclic) bond motifs is 3. The van der Waals surface area contributed by atoms with E-state index in [2.05, 4.69) is 22.0 Å². The van der Waals surface area contributed by atoms with E-state index in [1.54, 1.807) is 24.9 Å². The Hall–Kier alpha value is -1.57. The van der Waals surface area contributed by atoms with Gasteiger partial charge in [-0.2, -0.15) is 5.26 Å². The van der Waals surface area contributed by atoms with Crippen LogP contribution >= 0.6 is 37.5 Å². The number of piperazine rings is 1. The van der Waals surface area contributed by atoms with Gasteiger partial charge in [0.1, 0.15) is 0 Å². The summed E-state index contributed by atoms with van der Waals surface area (Å²) in [5.41, 5.74) is -0.193. The quantitative estimate of drug-likeness (QED) is 0.569. The molecular weight excluding hydrogens is 466 g/mol. The topological polar surface area (TPSA) is 82.9 Å². The Morgan fingerprint density at radius 1 is 1.21 bits per heavy atom. The Kier molecular flexibility index (Phi) is 3.64. The Balaban J connectivity index is 1.74. The van der Waals surface area contributed by atoms with Gasteiger partial charge >= 0.3 is 0 Å². The molecule has 4 fully saturated rings. The van der Waals surface area contributed by atoms with Gasteiger partial charge in [-0.1, -0.05) is 37.5 Å². The number of likely N-dealkylation sites (N-methyl/N-ethyl adjacent to an activating group) is 1. The van der Waals surface area contributed by atoms with E-state index in [1.807, 2.05) is 13.0 Å². The molecule has 2 bridgehead atoms. The highest BCUT2D eigenvalue weighted by atomic mass is 79.9. The highest BCUT2D eigenvalue weighted by Crippen LogP contribution is 2.69. The van der Waals surface area contributed by atoms with Crippen molar-refractivity contribution in [3.8, 4) is 17.6 Å². The average Bonchev–Trinajstić information content (AvgIpc) is 3.22. The molecule has 4 atom stereocenters. The normalized spacial score (nSPS) is 38.0. The Morgan fingerprint density at radius 3 is 2.57 bits per heavy atom. The summed E-state index contributed by atoms with van der Waals surface area (Å²) >= 11 is 3.58. The van der Waals surface area contributed by atoms with Gasteiger partial charge in [0.15, 0.2) is 21.2 Å². The van der Waals surface area contributed by atoms with Gasteiger partial charge in [-0.25, -0.2) is 0 Å². The molecule has 146 valence electrons. The fourth-order valence-corrected chi connectivity index (χ4v) is 8.65.